The average Bonchev–Trinajstić information content (AvgIpc) is 2.22. The summed E-state index contributed by atoms with van der Waals surface area (Å²) < 4.78 is 13.3. The van der Waals surface area contributed by atoms with E-state index in [-0.39, 0.29) is 17.0 Å². The van der Waals surface area contributed by atoms with E-state index in [0.717, 1.165) is 0 Å². The molecule has 0 bridgehead atoms. The molecule has 0 aliphatic rings. The van der Waals surface area contributed by atoms with E-state index in [1.807, 2.05) is 20.8 Å². The molecular formula is C13H19ClFNO. The topological polar surface area (TPSA) is 46.2 Å². The molecule has 1 aromatic rings. The average molecular weight is 260 g/mol. The van der Waals surface area contributed by atoms with Crippen LogP contribution in [0.15, 0.2) is 18.2 Å². The Morgan fingerprint density at radius 2 is 1.94 bits per heavy atom. The van der Waals surface area contributed by atoms with Gasteiger partial charge in [0.2, 0.25) is 0 Å². The van der Waals surface area contributed by atoms with Gasteiger partial charge in [0.15, 0.2) is 0 Å². The van der Waals surface area contributed by atoms with Gasteiger partial charge in [-0.1, -0.05) is 38.4 Å². The lowest BCUT2D eigenvalue weighted by molar-refractivity contribution is -0.0490. The van der Waals surface area contributed by atoms with E-state index in [2.05, 4.69) is 0 Å². The number of hydrogen-bond donors (Lipinski definition) is 2. The third kappa shape index (κ3) is 3.18. The standard InChI is InChI=1S/C13H19ClFNO/c1-12(2,3)13(17,8-16)7-9-4-5-10(14)11(15)6-9/h4-6,17H,7-8,16H2,1-3H3. The summed E-state index contributed by atoms with van der Waals surface area (Å²) in [6.07, 6.45) is 0.307. The number of halogens is 2. The molecule has 1 atom stereocenters. The van der Waals surface area contributed by atoms with E-state index in [9.17, 15) is 9.50 Å². The van der Waals surface area contributed by atoms with Gasteiger partial charge in [0, 0.05) is 13.0 Å². The molecule has 0 saturated carbocycles. The molecule has 0 aromatic heterocycles. The van der Waals surface area contributed by atoms with Gasteiger partial charge in [0.25, 0.3) is 0 Å². The van der Waals surface area contributed by atoms with Gasteiger partial charge < -0.3 is 10.8 Å². The summed E-state index contributed by atoms with van der Waals surface area (Å²) in [5, 5.41) is 10.6. The van der Waals surface area contributed by atoms with Crippen LogP contribution in [0, 0.1) is 11.2 Å². The zero-order chi connectivity index (χ0) is 13.3. The predicted octanol–water partition coefficient (Wildman–Crippen LogP) is 2.76. The van der Waals surface area contributed by atoms with Gasteiger partial charge in [-0.15, -0.1) is 0 Å². The molecule has 1 rings (SSSR count). The molecule has 0 aliphatic carbocycles. The maximum atomic E-state index is 13.3. The van der Waals surface area contributed by atoms with E-state index in [1.165, 1.54) is 12.1 Å². The van der Waals surface area contributed by atoms with Crippen LogP contribution in [-0.4, -0.2) is 17.3 Å². The summed E-state index contributed by atoms with van der Waals surface area (Å²) in [6.45, 7) is 5.85. The zero-order valence-corrected chi connectivity index (χ0v) is 11.2. The first-order valence-electron chi connectivity index (χ1n) is 5.56. The summed E-state index contributed by atoms with van der Waals surface area (Å²) in [4.78, 5) is 0. The molecule has 4 heteroatoms. The fraction of sp³-hybridized carbons (Fsp3) is 0.538. The van der Waals surface area contributed by atoms with E-state index < -0.39 is 11.4 Å². The van der Waals surface area contributed by atoms with Crippen molar-refractivity contribution in [2.75, 3.05) is 6.54 Å². The van der Waals surface area contributed by atoms with Crippen LogP contribution in [0.4, 0.5) is 4.39 Å². The number of rotatable bonds is 3. The molecule has 0 fully saturated rings. The van der Waals surface area contributed by atoms with Crippen molar-refractivity contribution in [3.05, 3.63) is 34.6 Å². The van der Waals surface area contributed by atoms with Gasteiger partial charge in [-0.25, -0.2) is 4.39 Å². The Balaban J connectivity index is 2.99. The molecule has 1 unspecified atom stereocenters. The zero-order valence-electron chi connectivity index (χ0n) is 10.4. The Hall–Kier alpha value is -0.640. The highest BCUT2D eigenvalue weighted by atomic mass is 35.5. The Morgan fingerprint density at radius 1 is 1.35 bits per heavy atom. The fourth-order valence-electron chi connectivity index (χ4n) is 1.63. The molecule has 0 amide bonds. The Morgan fingerprint density at radius 3 is 2.35 bits per heavy atom. The second kappa shape index (κ2) is 4.92. The van der Waals surface area contributed by atoms with E-state index in [1.54, 1.807) is 6.07 Å². The van der Waals surface area contributed by atoms with E-state index >= 15 is 0 Å². The van der Waals surface area contributed by atoms with Gasteiger partial charge in [-0.3, -0.25) is 0 Å². The lowest BCUT2D eigenvalue weighted by Crippen LogP contribution is -2.50. The molecule has 0 aliphatic heterocycles. The maximum absolute atomic E-state index is 13.3. The number of aliphatic hydroxyl groups is 1. The number of nitrogens with two attached hydrogens (primary N) is 1. The molecule has 0 heterocycles. The Kier molecular flexibility index (Phi) is 4.18. The van der Waals surface area contributed by atoms with Gasteiger partial charge in [-0.2, -0.15) is 0 Å². The minimum atomic E-state index is -1.06. The van der Waals surface area contributed by atoms with Crippen LogP contribution in [0.1, 0.15) is 26.3 Å². The molecule has 17 heavy (non-hydrogen) atoms. The minimum absolute atomic E-state index is 0.0841. The van der Waals surface area contributed by atoms with Crippen molar-refractivity contribution >= 4 is 11.6 Å². The summed E-state index contributed by atoms with van der Waals surface area (Å²) in [6, 6.07) is 4.54. The molecule has 1 aromatic carbocycles. The first-order chi connectivity index (χ1) is 7.69. The van der Waals surface area contributed by atoms with Crippen molar-refractivity contribution in [3.63, 3.8) is 0 Å². The van der Waals surface area contributed by atoms with Crippen molar-refractivity contribution in [1.82, 2.24) is 0 Å². The van der Waals surface area contributed by atoms with E-state index in [0.29, 0.717) is 12.0 Å². The molecular weight excluding hydrogens is 241 g/mol. The van der Waals surface area contributed by atoms with Crippen molar-refractivity contribution in [1.29, 1.82) is 0 Å². The van der Waals surface area contributed by atoms with Gasteiger partial charge >= 0.3 is 0 Å². The lowest BCUT2D eigenvalue weighted by Gasteiger charge is -2.39. The number of benzene rings is 1. The molecule has 2 nitrogen and oxygen atoms in total. The highest BCUT2D eigenvalue weighted by Crippen LogP contribution is 2.33. The minimum Gasteiger partial charge on any atom is -0.388 e. The highest BCUT2D eigenvalue weighted by molar-refractivity contribution is 6.30. The van der Waals surface area contributed by atoms with E-state index in [4.69, 9.17) is 17.3 Å². The molecule has 3 N–H and O–H groups in total. The molecule has 0 saturated heterocycles. The predicted molar refractivity (Wildman–Crippen MR) is 68.6 cm³/mol. The van der Waals surface area contributed by atoms with Crippen molar-refractivity contribution in [2.45, 2.75) is 32.8 Å². The summed E-state index contributed by atoms with van der Waals surface area (Å²) in [5.41, 5.74) is 4.89. The molecule has 96 valence electrons. The second-order valence-corrected chi connectivity index (χ2v) is 5.82. The monoisotopic (exact) mass is 259 g/mol. The fourth-order valence-corrected chi connectivity index (χ4v) is 1.75. The summed E-state index contributed by atoms with van der Waals surface area (Å²) in [7, 11) is 0. The third-order valence-electron chi connectivity index (χ3n) is 3.21. The summed E-state index contributed by atoms with van der Waals surface area (Å²) in [5.74, 6) is -0.475. The summed E-state index contributed by atoms with van der Waals surface area (Å²) >= 11 is 5.61. The smallest absolute Gasteiger partial charge is 0.142 e. The van der Waals surface area contributed by atoms with Crippen LogP contribution in [0.25, 0.3) is 0 Å². The normalized spacial score (nSPS) is 15.7. The van der Waals surface area contributed by atoms with Crippen LogP contribution >= 0.6 is 11.6 Å². The van der Waals surface area contributed by atoms with Crippen LogP contribution in [-0.2, 0) is 6.42 Å². The molecule has 0 radical (unpaired) electrons. The first-order valence-corrected chi connectivity index (χ1v) is 5.94. The van der Waals surface area contributed by atoms with Gasteiger partial charge in [0.1, 0.15) is 5.82 Å². The Bertz CT molecular complexity index is 403. The van der Waals surface area contributed by atoms with Crippen molar-refractivity contribution in [2.24, 2.45) is 11.1 Å². The first kappa shape index (κ1) is 14.4. The maximum Gasteiger partial charge on any atom is 0.142 e. The van der Waals surface area contributed by atoms with Crippen molar-refractivity contribution in [3.8, 4) is 0 Å². The van der Waals surface area contributed by atoms with Crippen LogP contribution < -0.4 is 5.73 Å². The van der Waals surface area contributed by atoms with Crippen LogP contribution in [0.3, 0.4) is 0 Å². The second-order valence-electron chi connectivity index (χ2n) is 5.41. The van der Waals surface area contributed by atoms with Gasteiger partial charge in [0.05, 0.1) is 10.6 Å². The van der Waals surface area contributed by atoms with Crippen LogP contribution in [0.2, 0.25) is 5.02 Å². The van der Waals surface area contributed by atoms with Gasteiger partial charge in [-0.05, 0) is 23.1 Å². The third-order valence-corrected chi connectivity index (χ3v) is 3.52. The highest BCUT2D eigenvalue weighted by Gasteiger charge is 2.38. The Labute approximate surface area is 107 Å². The number of hydrogen-bond acceptors (Lipinski definition) is 2. The quantitative estimate of drug-likeness (QED) is 0.877. The van der Waals surface area contributed by atoms with Crippen LogP contribution in [0.5, 0.6) is 0 Å². The van der Waals surface area contributed by atoms with Crippen molar-refractivity contribution < 1.29 is 9.50 Å². The molecule has 0 spiro atoms. The lowest BCUT2D eigenvalue weighted by atomic mass is 9.73. The largest absolute Gasteiger partial charge is 0.388 e. The SMILES string of the molecule is CC(C)(C)C(O)(CN)Cc1ccc(Cl)c(F)c1.